The molecule has 1 aromatic carbocycles. The number of anilines is 1. The van der Waals surface area contributed by atoms with E-state index >= 15 is 0 Å². The van der Waals surface area contributed by atoms with Crippen molar-refractivity contribution in [2.75, 3.05) is 18.4 Å². The number of rotatable bonds is 5. The Morgan fingerprint density at radius 1 is 1.21 bits per heavy atom. The van der Waals surface area contributed by atoms with Gasteiger partial charge in [-0.15, -0.1) is 0 Å². The van der Waals surface area contributed by atoms with E-state index in [2.05, 4.69) is 33.8 Å². The molecule has 0 atom stereocenters. The van der Waals surface area contributed by atoms with Crippen molar-refractivity contribution in [3.05, 3.63) is 59.4 Å². The number of benzene rings is 1. The molecule has 0 saturated carbocycles. The summed E-state index contributed by atoms with van der Waals surface area (Å²) in [6, 6.07) is 12.8. The molecule has 2 N–H and O–H groups in total. The van der Waals surface area contributed by atoms with Gasteiger partial charge in [0.15, 0.2) is 0 Å². The summed E-state index contributed by atoms with van der Waals surface area (Å²) in [5.74, 6) is 0. The lowest BCUT2D eigenvalue weighted by molar-refractivity contribution is 0.674. The van der Waals surface area contributed by atoms with Crippen molar-refractivity contribution in [2.24, 2.45) is 0 Å². The molecule has 0 aliphatic carbocycles. The predicted octanol–water partition coefficient (Wildman–Crippen LogP) is 2.38. The summed E-state index contributed by atoms with van der Waals surface area (Å²) in [6.45, 7) is 2.91. The number of nitrogens with zero attached hydrogens (tertiary/aromatic N) is 1. The van der Waals surface area contributed by atoms with Crippen LogP contribution in [0.15, 0.2) is 42.6 Å². The Kier molecular flexibility index (Phi) is 3.75. The van der Waals surface area contributed by atoms with E-state index < -0.39 is 0 Å². The summed E-state index contributed by atoms with van der Waals surface area (Å²) in [6.07, 6.45) is 4.06. The van der Waals surface area contributed by atoms with Crippen LogP contribution in [0.4, 0.5) is 5.69 Å². The average Bonchev–Trinajstić information content (AvgIpc) is 2.92. The number of pyridine rings is 1. The highest BCUT2D eigenvalue weighted by molar-refractivity contribution is 5.56. The second kappa shape index (κ2) is 5.85. The molecule has 1 aliphatic rings. The van der Waals surface area contributed by atoms with E-state index in [0.29, 0.717) is 0 Å². The molecule has 1 aromatic heterocycles. The molecule has 0 saturated heterocycles. The van der Waals surface area contributed by atoms with Crippen LogP contribution in [0.5, 0.6) is 0 Å². The van der Waals surface area contributed by atoms with Gasteiger partial charge in [-0.1, -0.05) is 18.2 Å². The van der Waals surface area contributed by atoms with E-state index in [1.807, 2.05) is 24.4 Å². The van der Waals surface area contributed by atoms with Crippen molar-refractivity contribution in [2.45, 2.75) is 19.4 Å². The third-order valence-corrected chi connectivity index (χ3v) is 3.50. The van der Waals surface area contributed by atoms with Gasteiger partial charge in [0.25, 0.3) is 0 Å². The van der Waals surface area contributed by atoms with Crippen LogP contribution in [-0.4, -0.2) is 18.1 Å². The molecule has 98 valence electrons. The van der Waals surface area contributed by atoms with E-state index in [9.17, 15) is 0 Å². The zero-order valence-electron chi connectivity index (χ0n) is 11.0. The minimum atomic E-state index is 0.841. The van der Waals surface area contributed by atoms with Crippen LogP contribution >= 0.6 is 0 Å². The van der Waals surface area contributed by atoms with Gasteiger partial charge in [0.05, 0.1) is 5.69 Å². The molecule has 19 heavy (non-hydrogen) atoms. The Balaban J connectivity index is 1.48. The van der Waals surface area contributed by atoms with E-state index in [0.717, 1.165) is 38.2 Å². The molecule has 2 heterocycles. The molecule has 0 unspecified atom stereocenters. The number of nitrogens with one attached hydrogen (secondary N) is 2. The largest absolute Gasteiger partial charge is 0.384 e. The lowest BCUT2D eigenvalue weighted by atomic mass is 10.1. The monoisotopic (exact) mass is 253 g/mol. The zero-order chi connectivity index (χ0) is 12.9. The molecule has 0 bridgehead atoms. The summed E-state index contributed by atoms with van der Waals surface area (Å²) < 4.78 is 0. The van der Waals surface area contributed by atoms with E-state index in [-0.39, 0.29) is 0 Å². The predicted molar refractivity (Wildman–Crippen MR) is 78.3 cm³/mol. The highest BCUT2D eigenvalue weighted by Crippen LogP contribution is 2.22. The molecule has 3 heteroatoms. The maximum atomic E-state index is 4.30. The van der Waals surface area contributed by atoms with Crippen molar-refractivity contribution < 1.29 is 0 Å². The fraction of sp³-hybridized carbons (Fsp3) is 0.312. The zero-order valence-corrected chi connectivity index (χ0v) is 11.0. The number of hydrogen-bond donors (Lipinski definition) is 2. The lowest BCUT2D eigenvalue weighted by Gasteiger charge is -2.06. The third-order valence-electron chi connectivity index (χ3n) is 3.50. The molecule has 0 radical (unpaired) electrons. The van der Waals surface area contributed by atoms with Gasteiger partial charge < -0.3 is 10.6 Å². The Labute approximate surface area is 114 Å². The first-order chi connectivity index (χ1) is 9.42. The summed E-state index contributed by atoms with van der Waals surface area (Å²) >= 11 is 0. The van der Waals surface area contributed by atoms with Crippen molar-refractivity contribution >= 4 is 5.69 Å². The molecule has 3 nitrogen and oxygen atoms in total. The molecule has 0 fully saturated rings. The van der Waals surface area contributed by atoms with Gasteiger partial charge in [-0.2, -0.15) is 0 Å². The topological polar surface area (TPSA) is 37.0 Å². The minimum Gasteiger partial charge on any atom is -0.384 e. The van der Waals surface area contributed by atoms with Gasteiger partial charge in [-0.05, 0) is 48.7 Å². The molecular formula is C16H19N3. The second-order valence-corrected chi connectivity index (χ2v) is 4.92. The van der Waals surface area contributed by atoms with Gasteiger partial charge in [0.1, 0.15) is 0 Å². The first kappa shape index (κ1) is 12.2. The highest BCUT2D eigenvalue weighted by Gasteiger charge is 2.09. The Bertz CT molecular complexity index is 537. The maximum absolute atomic E-state index is 4.30. The van der Waals surface area contributed by atoms with Gasteiger partial charge in [0.2, 0.25) is 0 Å². The van der Waals surface area contributed by atoms with E-state index in [4.69, 9.17) is 0 Å². The van der Waals surface area contributed by atoms with Crippen LogP contribution in [0.3, 0.4) is 0 Å². The highest BCUT2D eigenvalue weighted by atomic mass is 14.9. The lowest BCUT2D eigenvalue weighted by Crippen LogP contribution is -2.17. The van der Waals surface area contributed by atoms with Gasteiger partial charge in [-0.3, -0.25) is 4.98 Å². The Morgan fingerprint density at radius 2 is 2.21 bits per heavy atom. The quantitative estimate of drug-likeness (QED) is 0.803. The van der Waals surface area contributed by atoms with Crippen LogP contribution in [-0.2, 0) is 19.4 Å². The van der Waals surface area contributed by atoms with Crippen LogP contribution in [0.25, 0.3) is 0 Å². The number of fused-ring (bicyclic) bond motifs is 1. The first-order valence-corrected chi connectivity index (χ1v) is 6.88. The van der Waals surface area contributed by atoms with Gasteiger partial charge >= 0.3 is 0 Å². The summed E-state index contributed by atoms with van der Waals surface area (Å²) in [5, 5.41) is 6.83. The van der Waals surface area contributed by atoms with Gasteiger partial charge in [0, 0.05) is 25.0 Å². The smallest absolute Gasteiger partial charge is 0.0541 e. The summed E-state index contributed by atoms with van der Waals surface area (Å²) in [4.78, 5) is 4.30. The Hall–Kier alpha value is -1.87. The van der Waals surface area contributed by atoms with Gasteiger partial charge in [-0.25, -0.2) is 0 Å². The van der Waals surface area contributed by atoms with E-state index in [1.54, 1.807) is 0 Å². The van der Waals surface area contributed by atoms with Crippen LogP contribution < -0.4 is 10.6 Å². The molecule has 0 amide bonds. The maximum Gasteiger partial charge on any atom is 0.0541 e. The molecule has 1 aliphatic heterocycles. The van der Waals surface area contributed by atoms with Crippen LogP contribution in [0.2, 0.25) is 0 Å². The summed E-state index contributed by atoms with van der Waals surface area (Å²) in [7, 11) is 0. The van der Waals surface area contributed by atoms with Crippen molar-refractivity contribution in [3.63, 3.8) is 0 Å². The molecular weight excluding hydrogens is 234 g/mol. The van der Waals surface area contributed by atoms with Crippen molar-refractivity contribution in [3.8, 4) is 0 Å². The fourth-order valence-corrected chi connectivity index (χ4v) is 2.47. The van der Waals surface area contributed by atoms with Crippen molar-refractivity contribution in [1.82, 2.24) is 10.3 Å². The normalized spacial score (nSPS) is 13.1. The minimum absolute atomic E-state index is 0.841. The molecule has 0 spiro atoms. The fourth-order valence-electron chi connectivity index (χ4n) is 2.47. The average molecular weight is 253 g/mol. The molecule has 2 aromatic rings. The SMILES string of the molecule is c1ccc(CNCCc2ccc3c(c2)CCN3)nc1. The van der Waals surface area contributed by atoms with E-state index in [1.165, 1.54) is 16.8 Å². The third kappa shape index (κ3) is 3.12. The number of aromatic nitrogens is 1. The first-order valence-electron chi connectivity index (χ1n) is 6.88. The second-order valence-electron chi connectivity index (χ2n) is 4.92. The molecule has 3 rings (SSSR count). The van der Waals surface area contributed by atoms with Crippen LogP contribution in [0.1, 0.15) is 16.8 Å². The summed E-state index contributed by atoms with van der Waals surface area (Å²) in [5.41, 5.74) is 5.28. The van der Waals surface area contributed by atoms with Crippen LogP contribution in [0, 0.1) is 0 Å². The van der Waals surface area contributed by atoms with Crippen molar-refractivity contribution in [1.29, 1.82) is 0 Å². The number of hydrogen-bond acceptors (Lipinski definition) is 3. The standard InChI is InChI=1S/C16H19N3/c1-2-8-18-15(3-1)12-17-9-6-13-4-5-16-14(11-13)7-10-19-16/h1-5,8,11,17,19H,6-7,9-10,12H2. The Morgan fingerprint density at radius 3 is 3.11 bits per heavy atom.